The van der Waals surface area contributed by atoms with E-state index >= 15 is 0 Å². The highest BCUT2D eigenvalue weighted by Gasteiger charge is 2.16. The predicted molar refractivity (Wildman–Crippen MR) is 85.0 cm³/mol. The first kappa shape index (κ1) is 14.2. The van der Waals surface area contributed by atoms with Gasteiger partial charge in [-0.1, -0.05) is 42.5 Å². The molecular formula is C18H17NO3. The van der Waals surface area contributed by atoms with Crippen LogP contribution in [0.1, 0.15) is 16.1 Å². The Kier molecular flexibility index (Phi) is 3.83. The molecule has 0 fully saturated rings. The van der Waals surface area contributed by atoms with Crippen molar-refractivity contribution in [2.75, 3.05) is 7.11 Å². The number of fused-ring (bicyclic) bond motifs is 1. The second kappa shape index (κ2) is 5.93. The Balaban J connectivity index is 1.96. The van der Waals surface area contributed by atoms with E-state index in [0.717, 1.165) is 22.2 Å². The number of benzene rings is 2. The molecule has 0 amide bonds. The maximum Gasteiger partial charge on any atom is 0.354 e. The van der Waals surface area contributed by atoms with E-state index in [-0.39, 0.29) is 5.97 Å². The summed E-state index contributed by atoms with van der Waals surface area (Å²) < 4.78 is 12.6. The Morgan fingerprint density at radius 3 is 2.59 bits per heavy atom. The molecule has 3 aromatic rings. The fraction of sp³-hybridized carbons (Fsp3) is 0.167. The average molecular weight is 295 g/mol. The number of para-hydroxylation sites is 1. The number of methoxy groups -OCH3 is 1. The molecular weight excluding hydrogens is 278 g/mol. The summed E-state index contributed by atoms with van der Waals surface area (Å²) in [6, 6.07) is 17.6. The maximum absolute atomic E-state index is 11.8. The summed E-state index contributed by atoms with van der Waals surface area (Å²) in [6.45, 7) is 0.485. The number of ether oxygens (including phenoxy) is 2. The molecule has 22 heavy (non-hydrogen) atoms. The monoisotopic (exact) mass is 295 g/mol. The summed E-state index contributed by atoms with van der Waals surface area (Å²) in [4.78, 5) is 11.8. The normalized spacial score (nSPS) is 10.6. The molecule has 0 atom stereocenters. The van der Waals surface area contributed by atoms with Crippen LogP contribution in [0.3, 0.4) is 0 Å². The first-order valence-corrected chi connectivity index (χ1v) is 7.04. The summed E-state index contributed by atoms with van der Waals surface area (Å²) in [6.07, 6.45) is 0. The van der Waals surface area contributed by atoms with Gasteiger partial charge in [-0.15, -0.1) is 0 Å². The third-order valence-corrected chi connectivity index (χ3v) is 3.65. The van der Waals surface area contributed by atoms with Gasteiger partial charge in [0, 0.05) is 12.4 Å². The van der Waals surface area contributed by atoms with Crippen molar-refractivity contribution in [1.29, 1.82) is 0 Å². The first-order valence-electron chi connectivity index (χ1n) is 7.04. The summed E-state index contributed by atoms with van der Waals surface area (Å²) in [5, 5.41) is 0.952. The third kappa shape index (κ3) is 2.55. The van der Waals surface area contributed by atoms with Crippen LogP contribution in [0.25, 0.3) is 10.9 Å². The standard InChI is InChI=1S/C18H17NO3/c1-19-15(18(20)21-2)11-14-9-6-10-16(17(14)19)22-12-13-7-4-3-5-8-13/h3-11H,12H2,1-2H3. The minimum Gasteiger partial charge on any atom is -0.487 e. The molecule has 2 aromatic carbocycles. The van der Waals surface area contributed by atoms with E-state index in [1.165, 1.54) is 7.11 Å². The smallest absolute Gasteiger partial charge is 0.354 e. The van der Waals surface area contributed by atoms with Gasteiger partial charge >= 0.3 is 5.97 Å². The van der Waals surface area contributed by atoms with Gasteiger partial charge in [0.2, 0.25) is 0 Å². The van der Waals surface area contributed by atoms with E-state index in [1.54, 1.807) is 0 Å². The van der Waals surface area contributed by atoms with Crippen molar-refractivity contribution in [2.45, 2.75) is 6.61 Å². The van der Waals surface area contributed by atoms with Crippen LogP contribution in [0.4, 0.5) is 0 Å². The second-order valence-corrected chi connectivity index (χ2v) is 5.05. The van der Waals surface area contributed by atoms with Gasteiger partial charge in [-0.3, -0.25) is 0 Å². The van der Waals surface area contributed by atoms with Crippen LogP contribution in [0.15, 0.2) is 54.6 Å². The van der Waals surface area contributed by atoms with E-state index in [9.17, 15) is 4.79 Å². The van der Waals surface area contributed by atoms with E-state index in [4.69, 9.17) is 9.47 Å². The van der Waals surface area contributed by atoms with Gasteiger partial charge in [-0.25, -0.2) is 4.79 Å². The zero-order valence-electron chi connectivity index (χ0n) is 12.6. The minimum atomic E-state index is -0.354. The Morgan fingerprint density at radius 2 is 1.86 bits per heavy atom. The zero-order chi connectivity index (χ0) is 15.5. The maximum atomic E-state index is 11.8. The van der Waals surface area contributed by atoms with Gasteiger partial charge in [0.1, 0.15) is 18.1 Å². The molecule has 0 radical (unpaired) electrons. The topological polar surface area (TPSA) is 40.5 Å². The van der Waals surface area contributed by atoms with Gasteiger partial charge in [-0.2, -0.15) is 0 Å². The summed E-state index contributed by atoms with van der Waals surface area (Å²) in [7, 11) is 3.22. The quantitative estimate of drug-likeness (QED) is 0.691. The molecule has 0 aliphatic rings. The Bertz CT molecular complexity index is 806. The molecule has 4 heteroatoms. The number of nitrogens with zero attached hydrogens (tertiary/aromatic N) is 1. The van der Waals surface area contributed by atoms with Crippen LogP contribution in [-0.2, 0) is 18.4 Å². The van der Waals surface area contributed by atoms with Crippen molar-refractivity contribution in [3.05, 3.63) is 65.9 Å². The number of hydrogen-bond acceptors (Lipinski definition) is 3. The average Bonchev–Trinajstić information content (AvgIpc) is 2.91. The van der Waals surface area contributed by atoms with Crippen molar-refractivity contribution >= 4 is 16.9 Å². The SMILES string of the molecule is COC(=O)c1cc2cccc(OCc3ccccc3)c2n1C. The van der Waals surface area contributed by atoms with Gasteiger partial charge in [0.25, 0.3) is 0 Å². The lowest BCUT2D eigenvalue weighted by molar-refractivity contribution is 0.0590. The van der Waals surface area contributed by atoms with Crippen molar-refractivity contribution in [1.82, 2.24) is 4.57 Å². The van der Waals surface area contributed by atoms with Crippen LogP contribution < -0.4 is 4.74 Å². The van der Waals surface area contributed by atoms with Crippen LogP contribution in [-0.4, -0.2) is 17.6 Å². The highest BCUT2D eigenvalue weighted by molar-refractivity contribution is 5.97. The van der Waals surface area contributed by atoms with Crippen molar-refractivity contribution in [2.24, 2.45) is 7.05 Å². The number of aryl methyl sites for hydroxylation is 1. The van der Waals surface area contributed by atoms with Crippen LogP contribution in [0, 0.1) is 0 Å². The van der Waals surface area contributed by atoms with Gasteiger partial charge < -0.3 is 14.0 Å². The van der Waals surface area contributed by atoms with E-state index in [1.807, 2.05) is 66.2 Å². The predicted octanol–water partition coefficient (Wildman–Crippen LogP) is 3.54. The number of rotatable bonds is 4. The van der Waals surface area contributed by atoms with Gasteiger partial charge in [0.05, 0.1) is 12.6 Å². The van der Waals surface area contributed by atoms with Crippen molar-refractivity contribution < 1.29 is 14.3 Å². The van der Waals surface area contributed by atoms with Crippen LogP contribution in [0.2, 0.25) is 0 Å². The number of aromatic nitrogens is 1. The Morgan fingerprint density at radius 1 is 1.09 bits per heavy atom. The second-order valence-electron chi connectivity index (χ2n) is 5.05. The molecule has 112 valence electrons. The van der Waals surface area contributed by atoms with E-state index in [2.05, 4.69) is 0 Å². The molecule has 1 heterocycles. The van der Waals surface area contributed by atoms with Gasteiger partial charge in [-0.05, 0) is 17.7 Å². The van der Waals surface area contributed by atoms with Gasteiger partial charge in [0.15, 0.2) is 0 Å². The molecule has 4 nitrogen and oxygen atoms in total. The highest BCUT2D eigenvalue weighted by atomic mass is 16.5. The molecule has 3 rings (SSSR count). The summed E-state index contributed by atoms with van der Waals surface area (Å²) in [5.74, 6) is 0.395. The lowest BCUT2D eigenvalue weighted by atomic mass is 10.2. The summed E-state index contributed by atoms with van der Waals surface area (Å²) in [5.41, 5.74) is 2.49. The number of carbonyl (C=O) groups is 1. The van der Waals surface area contributed by atoms with Crippen molar-refractivity contribution in [3.8, 4) is 5.75 Å². The lowest BCUT2D eigenvalue weighted by Crippen LogP contribution is -2.07. The Hall–Kier alpha value is -2.75. The van der Waals surface area contributed by atoms with Crippen LogP contribution in [0.5, 0.6) is 5.75 Å². The molecule has 0 aliphatic heterocycles. The number of esters is 1. The lowest BCUT2D eigenvalue weighted by Gasteiger charge is -2.10. The number of carbonyl (C=O) groups excluding carboxylic acids is 1. The first-order chi connectivity index (χ1) is 10.7. The molecule has 0 spiro atoms. The molecule has 0 aliphatic carbocycles. The van der Waals surface area contributed by atoms with E-state index < -0.39 is 0 Å². The third-order valence-electron chi connectivity index (χ3n) is 3.65. The minimum absolute atomic E-state index is 0.354. The molecule has 0 N–H and O–H groups in total. The van der Waals surface area contributed by atoms with E-state index in [0.29, 0.717) is 12.3 Å². The molecule has 0 saturated heterocycles. The largest absolute Gasteiger partial charge is 0.487 e. The van der Waals surface area contributed by atoms with Crippen LogP contribution >= 0.6 is 0 Å². The fourth-order valence-corrected chi connectivity index (χ4v) is 2.53. The van der Waals surface area contributed by atoms with Crippen molar-refractivity contribution in [3.63, 3.8) is 0 Å². The zero-order valence-corrected chi connectivity index (χ0v) is 12.6. The molecule has 0 saturated carbocycles. The molecule has 0 bridgehead atoms. The number of hydrogen-bond donors (Lipinski definition) is 0. The fourth-order valence-electron chi connectivity index (χ4n) is 2.53. The highest BCUT2D eigenvalue weighted by Crippen LogP contribution is 2.29. The Labute approximate surface area is 128 Å². The summed E-state index contributed by atoms with van der Waals surface area (Å²) >= 11 is 0. The molecule has 1 aromatic heterocycles. The molecule has 0 unspecified atom stereocenters.